The van der Waals surface area contributed by atoms with Gasteiger partial charge in [0.2, 0.25) is 0 Å². The summed E-state index contributed by atoms with van der Waals surface area (Å²) in [6.45, 7) is 0. The average molecular weight is 440 g/mol. The van der Waals surface area contributed by atoms with Crippen molar-refractivity contribution < 1.29 is 0 Å². The first-order chi connectivity index (χ1) is 13.8. The Hall–Kier alpha value is -2.75. The number of thiophene rings is 1. The third kappa shape index (κ3) is 2.27. The van der Waals surface area contributed by atoms with Crippen LogP contribution in [0.25, 0.3) is 53.1 Å². The molecule has 2 aromatic heterocycles. The smallest absolute Gasteiger partial charge is 0.0788 e. The van der Waals surface area contributed by atoms with Crippen molar-refractivity contribution in [3.05, 3.63) is 89.4 Å². The van der Waals surface area contributed by atoms with Gasteiger partial charge in [0.25, 0.3) is 0 Å². The standard InChI is InChI=1S/C25H14BrNS/c26-19-14-18-22(23-17-11-5-7-13-21(17)28-25(19)23)16-10-4-6-12-20(16)27-24(18)15-8-2-1-3-9-15/h1-14H. The molecule has 2 heterocycles. The number of pyridine rings is 1. The number of hydrogen-bond donors (Lipinski definition) is 0. The summed E-state index contributed by atoms with van der Waals surface area (Å²) in [5.74, 6) is 0. The van der Waals surface area contributed by atoms with Gasteiger partial charge in [0.05, 0.1) is 15.9 Å². The van der Waals surface area contributed by atoms with Crippen LogP contribution in [0.4, 0.5) is 0 Å². The second-order valence-electron chi connectivity index (χ2n) is 6.93. The molecule has 0 aliphatic heterocycles. The summed E-state index contributed by atoms with van der Waals surface area (Å²) in [7, 11) is 0. The number of halogens is 1. The number of para-hydroxylation sites is 1. The molecule has 3 heteroatoms. The topological polar surface area (TPSA) is 12.9 Å². The zero-order chi connectivity index (χ0) is 18.7. The summed E-state index contributed by atoms with van der Waals surface area (Å²) in [4.78, 5) is 5.07. The van der Waals surface area contributed by atoms with Gasteiger partial charge < -0.3 is 0 Å². The Labute approximate surface area is 174 Å². The number of hydrogen-bond acceptors (Lipinski definition) is 2. The minimum absolute atomic E-state index is 1.03. The molecular formula is C25H14BrNS. The van der Waals surface area contributed by atoms with Crippen LogP contribution in [0.3, 0.4) is 0 Å². The molecule has 132 valence electrons. The van der Waals surface area contributed by atoms with Crippen LogP contribution in [-0.4, -0.2) is 4.98 Å². The van der Waals surface area contributed by atoms with Gasteiger partial charge in [-0.15, -0.1) is 11.3 Å². The zero-order valence-electron chi connectivity index (χ0n) is 14.8. The SMILES string of the molecule is Brc1cc2c(-c3ccccc3)nc3ccccc3c2c2c1sc1ccccc12. The van der Waals surface area contributed by atoms with E-state index in [1.807, 2.05) is 17.4 Å². The van der Waals surface area contributed by atoms with E-state index in [9.17, 15) is 0 Å². The predicted octanol–water partition coefficient (Wildman–Crippen LogP) is 8.19. The summed E-state index contributed by atoms with van der Waals surface area (Å²) < 4.78 is 3.74. The lowest BCUT2D eigenvalue weighted by Crippen LogP contribution is -1.90. The van der Waals surface area contributed by atoms with Crippen LogP contribution >= 0.6 is 27.3 Å². The van der Waals surface area contributed by atoms with E-state index in [1.54, 1.807) is 0 Å². The van der Waals surface area contributed by atoms with Gasteiger partial charge in [0.1, 0.15) is 0 Å². The Morgan fingerprint density at radius 3 is 2.25 bits per heavy atom. The fraction of sp³-hybridized carbons (Fsp3) is 0. The fourth-order valence-corrected chi connectivity index (χ4v) is 5.89. The highest BCUT2D eigenvalue weighted by molar-refractivity contribution is 9.10. The molecule has 0 radical (unpaired) electrons. The van der Waals surface area contributed by atoms with E-state index in [0.717, 1.165) is 21.2 Å². The summed E-state index contributed by atoms with van der Waals surface area (Å²) in [6.07, 6.45) is 0. The number of fused-ring (bicyclic) bond motifs is 7. The highest BCUT2D eigenvalue weighted by Crippen LogP contribution is 2.46. The van der Waals surface area contributed by atoms with Crippen molar-refractivity contribution in [3.63, 3.8) is 0 Å². The molecule has 0 bridgehead atoms. The van der Waals surface area contributed by atoms with Gasteiger partial charge in [0.15, 0.2) is 0 Å². The molecular weight excluding hydrogens is 426 g/mol. The van der Waals surface area contributed by atoms with Gasteiger partial charge in [-0.25, -0.2) is 4.98 Å². The number of nitrogens with zero attached hydrogens (tertiary/aromatic N) is 1. The quantitative estimate of drug-likeness (QED) is 0.235. The van der Waals surface area contributed by atoms with Gasteiger partial charge in [-0.05, 0) is 34.1 Å². The Morgan fingerprint density at radius 2 is 1.39 bits per heavy atom. The molecule has 0 spiro atoms. The molecule has 0 atom stereocenters. The zero-order valence-corrected chi connectivity index (χ0v) is 17.2. The van der Waals surface area contributed by atoms with E-state index in [1.165, 1.54) is 36.3 Å². The van der Waals surface area contributed by atoms with Gasteiger partial charge in [-0.3, -0.25) is 0 Å². The molecule has 4 aromatic carbocycles. The van der Waals surface area contributed by atoms with Gasteiger partial charge >= 0.3 is 0 Å². The molecule has 6 aromatic rings. The van der Waals surface area contributed by atoms with Crippen molar-refractivity contribution in [2.24, 2.45) is 0 Å². The molecule has 0 aliphatic rings. The Morgan fingerprint density at radius 1 is 0.679 bits per heavy atom. The van der Waals surface area contributed by atoms with E-state index in [-0.39, 0.29) is 0 Å². The second-order valence-corrected chi connectivity index (χ2v) is 8.83. The molecule has 0 saturated carbocycles. The molecule has 0 aliphatic carbocycles. The van der Waals surface area contributed by atoms with E-state index >= 15 is 0 Å². The Bertz CT molecular complexity index is 1520. The number of aromatic nitrogens is 1. The van der Waals surface area contributed by atoms with Crippen LogP contribution in [0.1, 0.15) is 0 Å². The minimum Gasteiger partial charge on any atom is -0.247 e. The highest BCUT2D eigenvalue weighted by Gasteiger charge is 2.18. The normalized spacial score (nSPS) is 11.8. The molecule has 0 unspecified atom stereocenters. The van der Waals surface area contributed by atoms with Crippen LogP contribution in [0.15, 0.2) is 89.4 Å². The molecule has 0 fully saturated rings. The molecule has 0 saturated heterocycles. The Balaban J connectivity index is 1.95. The lowest BCUT2D eigenvalue weighted by Gasteiger charge is -2.12. The molecule has 1 nitrogen and oxygen atoms in total. The number of rotatable bonds is 1. The van der Waals surface area contributed by atoms with Gasteiger partial charge in [-0.2, -0.15) is 0 Å². The maximum Gasteiger partial charge on any atom is 0.0788 e. The van der Waals surface area contributed by atoms with Crippen LogP contribution in [0.5, 0.6) is 0 Å². The van der Waals surface area contributed by atoms with Crippen molar-refractivity contribution in [1.29, 1.82) is 0 Å². The van der Waals surface area contributed by atoms with Crippen LogP contribution < -0.4 is 0 Å². The first-order valence-corrected chi connectivity index (χ1v) is 10.8. The summed E-state index contributed by atoms with van der Waals surface area (Å²) in [5.41, 5.74) is 3.21. The van der Waals surface area contributed by atoms with Crippen molar-refractivity contribution in [2.45, 2.75) is 0 Å². The molecule has 0 N–H and O–H groups in total. The van der Waals surface area contributed by atoms with Crippen molar-refractivity contribution in [3.8, 4) is 11.3 Å². The van der Waals surface area contributed by atoms with Gasteiger partial charge in [-0.1, -0.05) is 66.7 Å². The molecule has 6 rings (SSSR count). The van der Waals surface area contributed by atoms with Crippen molar-refractivity contribution in [1.82, 2.24) is 4.98 Å². The monoisotopic (exact) mass is 439 g/mol. The van der Waals surface area contributed by atoms with Crippen LogP contribution in [0.2, 0.25) is 0 Å². The highest BCUT2D eigenvalue weighted by atomic mass is 79.9. The van der Waals surface area contributed by atoms with Gasteiger partial charge in [0, 0.05) is 41.7 Å². The molecule has 28 heavy (non-hydrogen) atoms. The second kappa shape index (κ2) is 6.13. The van der Waals surface area contributed by atoms with E-state index < -0.39 is 0 Å². The minimum atomic E-state index is 1.03. The lowest BCUT2D eigenvalue weighted by atomic mass is 9.96. The third-order valence-corrected chi connectivity index (χ3v) is 7.40. The summed E-state index contributed by atoms with van der Waals surface area (Å²) in [6, 6.07) is 29.9. The van der Waals surface area contributed by atoms with E-state index in [0.29, 0.717) is 0 Å². The largest absolute Gasteiger partial charge is 0.247 e. The first-order valence-electron chi connectivity index (χ1n) is 9.19. The van der Waals surface area contributed by atoms with Crippen molar-refractivity contribution >= 4 is 69.1 Å². The lowest BCUT2D eigenvalue weighted by molar-refractivity contribution is 1.43. The number of benzene rings is 4. The van der Waals surface area contributed by atoms with Crippen LogP contribution in [0, 0.1) is 0 Å². The van der Waals surface area contributed by atoms with E-state index in [2.05, 4.69) is 94.8 Å². The third-order valence-electron chi connectivity index (χ3n) is 5.31. The molecule has 0 amide bonds. The summed E-state index contributed by atoms with van der Waals surface area (Å²) >= 11 is 5.70. The van der Waals surface area contributed by atoms with Crippen molar-refractivity contribution in [2.75, 3.05) is 0 Å². The fourth-order valence-electron chi connectivity index (χ4n) is 4.11. The first kappa shape index (κ1) is 16.2. The summed E-state index contributed by atoms with van der Waals surface area (Å²) in [5, 5.41) is 6.32. The van der Waals surface area contributed by atoms with E-state index in [4.69, 9.17) is 4.98 Å². The maximum absolute atomic E-state index is 5.07. The maximum atomic E-state index is 5.07. The predicted molar refractivity (Wildman–Crippen MR) is 125 cm³/mol. The Kier molecular flexibility index (Phi) is 3.55. The van der Waals surface area contributed by atoms with Crippen LogP contribution in [-0.2, 0) is 0 Å². The average Bonchev–Trinajstić information content (AvgIpc) is 3.14.